The number of hydrogen-bond donors (Lipinski definition) is 2. The molecule has 2 atom stereocenters. The van der Waals surface area contributed by atoms with Gasteiger partial charge in [-0.2, -0.15) is 0 Å². The molecule has 2 aromatic carbocycles. The standard InChI is InChI=1S/C21H24N4O3/c1-15(26)21(2,12-16-8-4-3-5-9-16)14-22-19(27)13-25-20(28)17-10-6-7-11-18(17)23-24-25/h3-11,15,26H,12-14H2,1-2H3,(H,22,27)/t15-,21-/m1/s1. The van der Waals surface area contributed by atoms with Gasteiger partial charge in [-0.05, 0) is 31.0 Å². The van der Waals surface area contributed by atoms with Crippen LogP contribution in [0.15, 0.2) is 59.4 Å². The van der Waals surface area contributed by atoms with Gasteiger partial charge in [0.05, 0.1) is 11.5 Å². The zero-order valence-electron chi connectivity index (χ0n) is 16.0. The van der Waals surface area contributed by atoms with Crippen molar-refractivity contribution in [2.45, 2.75) is 32.9 Å². The third kappa shape index (κ3) is 4.43. The zero-order chi connectivity index (χ0) is 20.1. The molecular formula is C21H24N4O3. The van der Waals surface area contributed by atoms with E-state index >= 15 is 0 Å². The van der Waals surface area contributed by atoms with E-state index in [0.29, 0.717) is 17.3 Å². The quantitative estimate of drug-likeness (QED) is 0.648. The summed E-state index contributed by atoms with van der Waals surface area (Å²) in [6.45, 7) is 3.69. The summed E-state index contributed by atoms with van der Waals surface area (Å²) in [5, 5.41) is 21.3. The Kier molecular flexibility index (Phi) is 5.84. The Morgan fingerprint density at radius 1 is 1.18 bits per heavy atom. The first-order valence-corrected chi connectivity index (χ1v) is 9.20. The lowest BCUT2D eigenvalue weighted by Gasteiger charge is -2.33. The molecular weight excluding hydrogens is 356 g/mol. The predicted octanol–water partition coefficient (Wildman–Crippen LogP) is 1.54. The molecule has 0 fully saturated rings. The Bertz CT molecular complexity index is 1020. The van der Waals surface area contributed by atoms with Crippen LogP contribution in [0.2, 0.25) is 0 Å². The van der Waals surface area contributed by atoms with Gasteiger partial charge in [-0.3, -0.25) is 9.59 Å². The highest BCUT2D eigenvalue weighted by molar-refractivity contribution is 5.78. The molecule has 7 nitrogen and oxygen atoms in total. The maximum atomic E-state index is 12.5. The first kappa shape index (κ1) is 19.7. The van der Waals surface area contributed by atoms with Gasteiger partial charge in [0.1, 0.15) is 12.1 Å². The number of nitrogens with zero attached hydrogens (tertiary/aromatic N) is 3. The topological polar surface area (TPSA) is 97.1 Å². The van der Waals surface area contributed by atoms with E-state index in [9.17, 15) is 14.7 Å². The minimum Gasteiger partial charge on any atom is -0.393 e. The second-order valence-corrected chi connectivity index (χ2v) is 7.34. The van der Waals surface area contributed by atoms with Crippen LogP contribution in [0.5, 0.6) is 0 Å². The van der Waals surface area contributed by atoms with E-state index in [0.717, 1.165) is 10.2 Å². The highest BCUT2D eigenvalue weighted by atomic mass is 16.3. The third-order valence-electron chi connectivity index (χ3n) is 5.07. The Morgan fingerprint density at radius 3 is 2.57 bits per heavy atom. The second kappa shape index (κ2) is 8.31. The molecule has 1 aromatic heterocycles. The zero-order valence-corrected chi connectivity index (χ0v) is 16.0. The second-order valence-electron chi connectivity index (χ2n) is 7.34. The number of fused-ring (bicyclic) bond motifs is 1. The van der Waals surface area contributed by atoms with Crippen molar-refractivity contribution >= 4 is 16.8 Å². The molecule has 7 heteroatoms. The molecule has 0 spiro atoms. The lowest BCUT2D eigenvalue weighted by molar-refractivity contribution is -0.122. The van der Waals surface area contributed by atoms with E-state index in [1.165, 1.54) is 0 Å². The van der Waals surface area contributed by atoms with Gasteiger partial charge in [-0.1, -0.05) is 54.6 Å². The molecule has 0 aliphatic heterocycles. The van der Waals surface area contributed by atoms with Crippen molar-refractivity contribution in [1.29, 1.82) is 0 Å². The SMILES string of the molecule is C[C@@H](O)[C@@](C)(CNC(=O)Cn1nnc2ccccc2c1=O)Cc1ccccc1. The lowest BCUT2D eigenvalue weighted by Crippen LogP contribution is -2.45. The summed E-state index contributed by atoms with van der Waals surface area (Å²) in [6.07, 6.45) is -0.0159. The molecule has 0 aliphatic rings. The number of amides is 1. The van der Waals surface area contributed by atoms with E-state index in [1.54, 1.807) is 31.2 Å². The molecule has 0 unspecified atom stereocenters. The number of nitrogens with one attached hydrogen (secondary N) is 1. The van der Waals surface area contributed by atoms with Crippen molar-refractivity contribution in [2.75, 3.05) is 6.54 Å². The van der Waals surface area contributed by atoms with Crippen LogP contribution in [-0.2, 0) is 17.8 Å². The van der Waals surface area contributed by atoms with Crippen molar-refractivity contribution in [3.05, 3.63) is 70.5 Å². The number of aliphatic hydroxyl groups excluding tert-OH is 1. The molecule has 0 saturated carbocycles. The minimum absolute atomic E-state index is 0.224. The molecule has 3 rings (SSSR count). The fourth-order valence-electron chi connectivity index (χ4n) is 3.04. The Balaban J connectivity index is 1.68. The van der Waals surface area contributed by atoms with Crippen LogP contribution in [0.25, 0.3) is 10.9 Å². The van der Waals surface area contributed by atoms with Gasteiger partial charge in [0.2, 0.25) is 5.91 Å². The monoisotopic (exact) mass is 380 g/mol. The summed E-state index contributed by atoms with van der Waals surface area (Å²) in [6, 6.07) is 16.7. The Labute approximate surface area is 163 Å². The average Bonchev–Trinajstić information content (AvgIpc) is 2.69. The average molecular weight is 380 g/mol. The number of carbonyl (C=O) groups excluding carboxylic acids is 1. The third-order valence-corrected chi connectivity index (χ3v) is 5.07. The van der Waals surface area contributed by atoms with Gasteiger partial charge in [0.25, 0.3) is 5.56 Å². The fraction of sp³-hybridized carbons (Fsp3) is 0.333. The summed E-state index contributed by atoms with van der Waals surface area (Å²) in [5.41, 5.74) is 0.672. The summed E-state index contributed by atoms with van der Waals surface area (Å²) in [4.78, 5) is 24.9. The van der Waals surface area contributed by atoms with Gasteiger partial charge < -0.3 is 10.4 Å². The fourth-order valence-corrected chi connectivity index (χ4v) is 3.04. The Morgan fingerprint density at radius 2 is 1.86 bits per heavy atom. The smallest absolute Gasteiger partial charge is 0.278 e. The molecule has 28 heavy (non-hydrogen) atoms. The van der Waals surface area contributed by atoms with Crippen LogP contribution in [0.4, 0.5) is 0 Å². The van der Waals surface area contributed by atoms with E-state index in [2.05, 4.69) is 15.6 Å². The summed E-state index contributed by atoms with van der Waals surface area (Å²) < 4.78 is 1.05. The van der Waals surface area contributed by atoms with Crippen LogP contribution in [0.1, 0.15) is 19.4 Å². The van der Waals surface area contributed by atoms with Crippen molar-refractivity contribution < 1.29 is 9.90 Å². The van der Waals surface area contributed by atoms with Crippen molar-refractivity contribution in [3.63, 3.8) is 0 Å². The lowest BCUT2D eigenvalue weighted by atomic mass is 9.79. The van der Waals surface area contributed by atoms with E-state index in [4.69, 9.17) is 0 Å². The molecule has 146 valence electrons. The molecule has 0 aliphatic carbocycles. The highest BCUT2D eigenvalue weighted by Gasteiger charge is 2.31. The Hall–Kier alpha value is -3.06. The largest absolute Gasteiger partial charge is 0.393 e. The van der Waals surface area contributed by atoms with Gasteiger partial charge in [-0.25, -0.2) is 4.68 Å². The maximum absolute atomic E-state index is 12.5. The van der Waals surface area contributed by atoms with E-state index in [1.807, 2.05) is 37.3 Å². The molecule has 0 saturated heterocycles. The number of aliphatic hydroxyl groups is 1. The van der Waals surface area contributed by atoms with Crippen LogP contribution in [0, 0.1) is 5.41 Å². The van der Waals surface area contributed by atoms with Gasteiger partial charge in [0.15, 0.2) is 0 Å². The van der Waals surface area contributed by atoms with Gasteiger partial charge >= 0.3 is 0 Å². The van der Waals surface area contributed by atoms with Crippen LogP contribution >= 0.6 is 0 Å². The molecule has 0 radical (unpaired) electrons. The summed E-state index contributed by atoms with van der Waals surface area (Å²) in [5.74, 6) is -0.355. The number of hydrogen-bond acceptors (Lipinski definition) is 5. The normalized spacial score (nSPS) is 14.4. The minimum atomic E-state index is -0.629. The molecule has 3 aromatic rings. The van der Waals surface area contributed by atoms with E-state index < -0.39 is 11.5 Å². The van der Waals surface area contributed by atoms with Crippen LogP contribution in [-0.4, -0.2) is 38.7 Å². The highest BCUT2D eigenvalue weighted by Crippen LogP contribution is 2.26. The maximum Gasteiger partial charge on any atom is 0.278 e. The van der Waals surface area contributed by atoms with Crippen molar-refractivity contribution in [3.8, 4) is 0 Å². The van der Waals surface area contributed by atoms with Crippen molar-refractivity contribution in [1.82, 2.24) is 20.3 Å². The van der Waals surface area contributed by atoms with Gasteiger partial charge in [0, 0.05) is 12.0 Å². The van der Waals surface area contributed by atoms with Crippen LogP contribution in [0.3, 0.4) is 0 Å². The molecule has 2 N–H and O–H groups in total. The first-order chi connectivity index (χ1) is 13.4. The van der Waals surface area contributed by atoms with Crippen molar-refractivity contribution in [2.24, 2.45) is 5.41 Å². The molecule has 1 amide bonds. The van der Waals surface area contributed by atoms with Crippen LogP contribution < -0.4 is 10.9 Å². The van der Waals surface area contributed by atoms with Gasteiger partial charge in [-0.15, -0.1) is 5.10 Å². The molecule has 0 bridgehead atoms. The number of rotatable bonds is 7. The number of carbonyl (C=O) groups is 1. The molecule has 1 heterocycles. The number of aromatic nitrogens is 3. The number of benzene rings is 2. The van der Waals surface area contributed by atoms with E-state index in [-0.39, 0.29) is 24.6 Å². The predicted molar refractivity (Wildman–Crippen MR) is 107 cm³/mol. The summed E-state index contributed by atoms with van der Waals surface area (Å²) in [7, 11) is 0. The first-order valence-electron chi connectivity index (χ1n) is 9.20. The summed E-state index contributed by atoms with van der Waals surface area (Å²) >= 11 is 0.